The number of hydrogen-bond acceptors (Lipinski definition) is 6. The molecule has 0 bridgehead atoms. The number of aryl methyl sites for hydroxylation is 1. The van der Waals surface area contributed by atoms with Crippen molar-refractivity contribution in [2.45, 2.75) is 13.8 Å². The summed E-state index contributed by atoms with van der Waals surface area (Å²) < 4.78 is 15.4. The minimum absolute atomic E-state index is 0.152. The van der Waals surface area contributed by atoms with E-state index in [2.05, 4.69) is 4.98 Å². The Balaban J connectivity index is 2.30. The Hall–Kier alpha value is -1.82. The third-order valence-corrected chi connectivity index (χ3v) is 3.18. The van der Waals surface area contributed by atoms with Crippen molar-refractivity contribution in [1.82, 2.24) is 4.98 Å². The fourth-order valence-corrected chi connectivity index (χ4v) is 2.21. The molecule has 0 aromatic carbocycles. The number of carbonyl (C=O) groups is 1. The van der Waals surface area contributed by atoms with Crippen LogP contribution in [0.15, 0.2) is 15.9 Å². The van der Waals surface area contributed by atoms with Crippen molar-refractivity contribution in [2.75, 3.05) is 13.7 Å². The van der Waals surface area contributed by atoms with Crippen molar-refractivity contribution in [3.63, 3.8) is 0 Å². The van der Waals surface area contributed by atoms with Crippen LogP contribution in [0.1, 0.15) is 23.2 Å². The van der Waals surface area contributed by atoms with Crippen molar-refractivity contribution in [3.05, 3.63) is 22.9 Å². The predicted molar refractivity (Wildman–Crippen MR) is 67.1 cm³/mol. The molecule has 0 spiro atoms. The Morgan fingerprint density at radius 1 is 1.56 bits per heavy atom. The zero-order chi connectivity index (χ0) is 13.1. The van der Waals surface area contributed by atoms with Crippen LogP contribution < -0.4 is 4.74 Å². The number of thiophene rings is 1. The average Bonchev–Trinajstić information content (AvgIpc) is 2.95. The number of nitrogens with zero attached hydrogens (tertiary/aromatic N) is 1. The summed E-state index contributed by atoms with van der Waals surface area (Å²) in [5.74, 6) is 0.809. The fraction of sp³-hybridized carbons (Fsp3) is 0.333. The van der Waals surface area contributed by atoms with E-state index in [0.29, 0.717) is 18.2 Å². The number of rotatable bonds is 4. The molecule has 0 N–H and O–H groups in total. The van der Waals surface area contributed by atoms with E-state index in [1.165, 1.54) is 11.3 Å². The van der Waals surface area contributed by atoms with Crippen LogP contribution in [0.2, 0.25) is 0 Å². The second-order valence-corrected chi connectivity index (χ2v) is 4.42. The molecule has 0 saturated carbocycles. The maximum Gasteiger partial charge on any atom is 0.376 e. The second kappa shape index (κ2) is 5.22. The van der Waals surface area contributed by atoms with Crippen molar-refractivity contribution in [3.8, 4) is 16.5 Å². The first-order valence-corrected chi connectivity index (χ1v) is 6.31. The van der Waals surface area contributed by atoms with Crippen molar-refractivity contribution >= 4 is 17.3 Å². The summed E-state index contributed by atoms with van der Waals surface area (Å²) in [4.78, 5) is 16.6. The number of ether oxygens (including phenoxy) is 2. The molecule has 0 unspecified atom stereocenters. The predicted octanol–water partition coefficient (Wildman–Crippen LogP) is 2.90. The Morgan fingerprint density at radius 3 is 2.94 bits per heavy atom. The van der Waals surface area contributed by atoms with Gasteiger partial charge in [-0.05, 0) is 13.8 Å². The van der Waals surface area contributed by atoms with Gasteiger partial charge in [-0.15, -0.1) is 11.3 Å². The molecule has 0 aliphatic heterocycles. The molecule has 2 heterocycles. The molecule has 0 aliphatic carbocycles. The molecular weight excluding hydrogens is 254 g/mol. The van der Waals surface area contributed by atoms with Crippen LogP contribution in [0.4, 0.5) is 0 Å². The van der Waals surface area contributed by atoms with Crippen LogP contribution in [-0.2, 0) is 4.74 Å². The molecule has 96 valence electrons. The number of oxazole rings is 1. The van der Waals surface area contributed by atoms with Gasteiger partial charge in [-0.25, -0.2) is 9.78 Å². The van der Waals surface area contributed by atoms with E-state index in [0.717, 1.165) is 10.6 Å². The Morgan fingerprint density at radius 2 is 2.33 bits per heavy atom. The van der Waals surface area contributed by atoms with Gasteiger partial charge in [-0.1, -0.05) is 0 Å². The number of carbonyl (C=O) groups excluding carboxylic acids is 1. The first-order valence-electron chi connectivity index (χ1n) is 5.43. The standard InChI is InChI=1S/C12H13NO4S/c1-4-16-12(14)10-7(2)13-11(17-10)9-5-8(15-3)6-18-9/h5-6H,4H2,1-3H3. The lowest BCUT2D eigenvalue weighted by atomic mass is 10.4. The van der Waals surface area contributed by atoms with Gasteiger partial charge < -0.3 is 13.9 Å². The van der Waals surface area contributed by atoms with Crippen LogP contribution >= 0.6 is 11.3 Å². The van der Waals surface area contributed by atoms with Crippen LogP contribution in [0.3, 0.4) is 0 Å². The van der Waals surface area contributed by atoms with Gasteiger partial charge in [0, 0.05) is 11.4 Å². The van der Waals surface area contributed by atoms with Gasteiger partial charge in [0.15, 0.2) is 0 Å². The van der Waals surface area contributed by atoms with Crippen molar-refractivity contribution in [2.24, 2.45) is 0 Å². The minimum atomic E-state index is -0.489. The van der Waals surface area contributed by atoms with Crippen LogP contribution in [0, 0.1) is 6.92 Å². The molecule has 0 saturated heterocycles. The van der Waals surface area contributed by atoms with Gasteiger partial charge in [-0.3, -0.25) is 0 Å². The zero-order valence-electron chi connectivity index (χ0n) is 10.4. The number of aromatic nitrogens is 1. The van der Waals surface area contributed by atoms with Gasteiger partial charge in [0.25, 0.3) is 0 Å². The molecule has 0 aliphatic rings. The van der Waals surface area contributed by atoms with Crippen LogP contribution in [0.25, 0.3) is 10.8 Å². The smallest absolute Gasteiger partial charge is 0.376 e. The molecule has 0 atom stereocenters. The summed E-state index contributed by atoms with van der Waals surface area (Å²) in [6, 6.07) is 1.81. The molecule has 18 heavy (non-hydrogen) atoms. The number of methoxy groups -OCH3 is 1. The number of hydrogen-bond donors (Lipinski definition) is 0. The lowest BCUT2D eigenvalue weighted by Gasteiger charge is -1.97. The van der Waals surface area contributed by atoms with E-state index in [9.17, 15) is 4.79 Å². The topological polar surface area (TPSA) is 61.6 Å². The van der Waals surface area contributed by atoms with E-state index in [1.807, 2.05) is 11.4 Å². The lowest BCUT2D eigenvalue weighted by molar-refractivity contribution is 0.0490. The quantitative estimate of drug-likeness (QED) is 0.797. The van der Waals surface area contributed by atoms with Gasteiger partial charge in [0.1, 0.15) is 5.75 Å². The second-order valence-electron chi connectivity index (χ2n) is 3.50. The molecule has 6 heteroatoms. The highest BCUT2D eigenvalue weighted by molar-refractivity contribution is 7.13. The normalized spacial score (nSPS) is 10.4. The summed E-state index contributed by atoms with van der Waals surface area (Å²) in [5.41, 5.74) is 0.524. The highest BCUT2D eigenvalue weighted by Crippen LogP contribution is 2.31. The molecule has 0 fully saturated rings. The largest absolute Gasteiger partial charge is 0.496 e. The highest BCUT2D eigenvalue weighted by Gasteiger charge is 2.20. The molecular formula is C12H13NO4S. The maximum absolute atomic E-state index is 11.6. The molecule has 2 rings (SSSR count). The summed E-state index contributed by atoms with van der Waals surface area (Å²) >= 11 is 1.44. The SMILES string of the molecule is CCOC(=O)c1oc(-c2cc(OC)cs2)nc1C. The minimum Gasteiger partial charge on any atom is -0.496 e. The third-order valence-electron chi connectivity index (χ3n) is 2.28. The molecule has 5 nitrogen and oxygen atoms in total. The van der Waals surface area contributed by atoms with Gasteiger partial charge >= 0.3 is 5.97 Å². The highest BCUT2D eigenvalue weighted by atomic mass is 32.1. The van der Waals surface area contributed by atoms with Crippen molar-refractivity contribution in [1.29, 1.82) is 0 Å². The van der Waals surface area contributed by atoms with Gasteiger partial charge in [0.2, 0.25) is 11.7 Å². The van der Waals surface area contributed by atoms with Gasteiger partial charge in [-0.2, -0.15) is 0 Å². The van der Waals surface area contributed by atoms with Crippen molar-refractivity contribution < 1.29 is 18.7 Å². The summed E-state index contributed by atoms with van der Waals surface area (Å²) in [7, 11) is 1.59. The van der Waals surface area contributed by atoms with E-state index in [4.69, 9.17) is 13.9 Å². The summed E-state index contributed by atoms with van der Waals surface area (Å²) in [5, 5.41) is 1.85. The molecule has 2 aromatic heterocycles. The molecule has 0 radical (unpaired) electrons. The summed E-state index contributed by atoms with van der Waals surface area (Å²) in [6.07, 6.45) is 0. The lowest BCUT2D eigenvalue weighted by Crippen LogP contribution is -2.04. The van der Waals surface area contributed by atoms with E-state index in [-0.39, 0.29) is 5.76 Å². The molecule has 2 aromatic rings. The monoisotopic (exact) mass is 267 g/mol. The Kier molecular flexibility index (Phi) is 3.66. The number of esters is 1. The van der Waals surface area contributed by atoms with Crippen LogP contribution in [-0.4, -0.2) is 24.7 Å². The first kappa shape index (κ1) is 12.6. The van der Waals surface area contributed by atoms with Crippen LogP contribution in [0.5, 0.6) is 5.75 Å². The third kappa shape index (κ3) is 2.38. The Labute approximate surface area is 108 Å². The maximum atomic E-state index is 11.6. The summed E-state index contributed by atoms with van der Waals surface area (Å²) in [6.45, 7) is 3.76. The fourth-order valence-electron chi connectivity index (χ4n) is 1.43. The van der Waals surface area contributed by atoms with E-state index in [1.54, 1.807) is 21.0 Å². The van der Waals surface area contributed by atoms with E-state index >= 15 is 0 Å². The van der Waals surface area contributed by atoms with Gasteiger partial charge in [0.05, 0.1) is 24.3 Å². The van der Waals surface area contributed by atoms with E-state index < -0.39 is 5.97 Å². The first-order chi connectivity index (χ1) is 8.65. The molecule has 0 amide bonds. The zero-order valence-corrected chi connectivity index (χ0v) is 11.2. The average molecular weight is 267 g/mol. The Bertz CT molecular complexity index is 558.